The Balaban J connectivity index is 1.56. The number of hydrogen-bond donors (Lipinski definition) is 0. The molecule has 4 aromatic rings. The van der Waals surface area contributed by atoms with Crippen molar-refractivity contribution in [3.8, 4) is 34.6 Å². The van der Waals surface area contributed by atoms with Crippen LogP contribution < -0.4 is 9.47 Å². The summed E-state index contributed by atoms with van der Waals surface area (Å²) in [7, 11) is 0. The lowest BCUT2D eigenvalue weighted by atomic mass is 10.0. The number of pyridine rings is 1. The Morgan fingerprint density at radius 1 is 0.850 bits per heavy atom. The van der Waals surface area contributed by atoms with Crippen LogP contribution in [-0.4, -0.2) is 17.8 Å². The molecule has 4 rings (SSSR count). The van der Waals surface area contributed by atoms with Crippen LogP contribution in [0.15, 0.2) is 60.8 Å². The fourth-order valence-corrected chi connectivity index (χ4v) is 3.71. The Morgan fingerprint density at radius 2 is 1.57 bits per heavy atom. The number of ether oxygens (including phenoxy) is 2. The van der Waals surface area contributed by atoms with Crippen molar-refractivity contribution in [2.75, 3.05) is 6.61 Å². The van der Waals surface area contributed by atoms with Crippen molar-refractivity contribution in [1.29, 1.82) is 0 Å². The molecular weight excluding hydrogens is 546 g/mol. The number of alkyl halides is 5. The van der Waals surface area contributed by atoms with E-state index in [-0.39, 0.29) is 0 Å². The van der Waals surface area contributed by atoms with Crippen LogP contribution >= 0.6 is 0 Å². The van der Waals surface area contributed by atoms with Gasteiger partial charge in [-0.05, 0) is 48.2 Å². The van der Waals surface area contributed by atoms with Gasteiger partial charge in [0.25, 0.3) is 0 Å². The SMILES string of the molecule is CCCCOc1ccc(-c2ccc(C(F)(F)Oc3cc(F)c4c(F)c(C#CC(F)(F)F)c(F)cc4c3)cc2)nc1. The minimum atomic E-state index is -5.04. The highest BCUT2D eigenvalue weighted by Crippen LogP contribution is 2.36. The Kier molecular flexibility index (Phi) is 8.18. The zero-order valence-corrected chi connectivity index (χ0v) is 20.7. The first-order valence-corrected chi connectivity index (χ1v) is 11.9. The molecule has 0 aliphatic rings. The molecule has 0 saturated carbocycles. The van der Waals surface area contributed by atoms with E-state index in [0.29, 0.717) is 41.7 Å². The van der Waals surface area contributed by atoms with E-state index in [0.717, 1.165) is 31.0 Å². The zero-order chi connectivity index (χ0) is 29.1. The molecule has 0 atom stereocenters. The van der Waals surface area contributed by atoms with Gasteiger partial charge in [0.05, 0.1) is 35.0 Å². The van der Waals surface area contributed by atoms with Gasteiger partial charge in [0.1, 0.15) is 23.1 Å². The number of fused-ring (bicyclic) bond motifs is 1. The molecule has 0 aliphatic carbocycles. The number of rotatable bonds is 8. The van der Waals surface area contributed by atoms with E-state index in [4.69, 9.17) is 4.74 Å². The fraction of sp³-hybridized carbons (Fsp3) is 0.207. The number of aromatic nitrogens is 1. The third-order valence-corrected chi connectivity index (χ3v) is 5.65. The van der Waals surface area contributed by atoms with Crippen LogP contribution in [0.1, 0.15) is 30.9 Å². The third kappa shape index (κ3) is 6.62. The van der Waals surface area contributed by atoms with Crippen molar-refractivity contribution in [2.24, 2.45) is 0 Å². The Hall–Kier alpha value is -4.33. The molecule has 11 heteroatoms. The number of halogens is 8. The fourth-order valence-electron chi connectivity index (χ4n) is 3.71. The van der Waals surface area contributed by atoms with Gasteiger partial charge < -0.3 is 9.47 Å². The number of nitrogens with zero attached hydrogens (tertiary/aromatic N) is 1. The lowest BCUT2D eigenvalue weighted by Gasteiger charge is -2.19. The van der Waals surface area contributed by atoms with E-state index >= 15 is 0 Å². The van der Waals surface area contributed by atoms with Gasteiger partial charge in [0, 0.05) is 17.6 Å². The van der Waals surface area contributed by atoms with Crippen molar-refractivity contribution in [3.63, 3.8) is 0 Å². The maximum absolute atomic E-state index is 14.9. The lowest BCUT2D eigenvalue weighted by Crippen LogP contribution is -2.21. The molecule has 208 valence electrons. The van der Waals surface area contributed by atoms with Crippen LogP contribution in [0.2, 0.25) is 0 Å². The molecule has 3 nitrogen and oxygen atoms in total. The topological polar surface area (TPSA) is 31.4 Å². The van der Waals surface area contributed by atoms with Crippen LogP contribution in [-0.2, 0) is 6.11 Å². The normalized spacial score (nSPS) is 11.7. The summed E-state index contributed by atoms with van der Waals surface area (Å²) in [5, 5.41) is -1.48. The van der Waals surface area contributed by atoms with Crippen molar-refractivity contribution >= 4 is 10.8 Å². The quantitative estimate of drug-likeness (QED) is 0.122. The average molecular weight is 565 g/mol. The summed E-state index contributed by atoms with van der Waals surface area (Å²) in [4.78, 5) is 4.26. The summed E-state index contributed by atoms with van der Waals surface area (Å²) >= 11 is 0. The molecule has 0 radical (unpaired) electrons. The Bertz CT molecular complexity index is 1570. The molecule has 0 saturated heterocycles. The molecule has 40 heavy (non-hydrogen) atoms. The van der Waals surface area contributed by atoms with Crippen LogP contribution in [0.4, 0.5) is 35.1 Å². The monoisotopic (exact) mass is 565 g/mol. The summed E-state index contributed by atoms with van der Waals surface area (Å²) in [5.41, 5.74) is -0.896. The van der Waals surface area contributed by atoms with Crippen molar-refractivity contribution in [3.05, 3.63) is 89.4 Å². The molecule has 0 spiro atoms. The number of hydrogen-bond acceptors (Lipinski definition) is 3. The minimum absolute atomic E-state index is 0.417. The molecule has 0 aliphatic heterocycles. The zero-order valence-electron chi connectivity index (χ0n) is 20.7. The maximum Gasteiger partial charge on any atom is 0.458 e. The third-order valence-electron chi connectivity index (χ3n) is 5.65. The van der Waals surface area contributed by atoms with Crippen LogP contribution in [0.3, 0.4) is 0 Å². The maximum atomic E-state index is 14.9. The molecule has 0 amide bonds. The predicted molar refractivity (Wildman–Crippen MR) is 131 cm³/mol. The highest BCUT2D eigenvalue weighted by molar-refractivity contribution is 5.87. The second-order valence-electron chi connectivity index (χ2n) is 8.58. The first kappa shape index (κ1) is 28.7. The van der Waals surface area contributed by atoms with E-state index < -0.39 is 57.4 Å². The molecular formula is C29H19F8NO2. The highest BCUT2D eigenvalue weighted by Gasteiger charge is 2.35. The molecule has 1 heterocycles. The summed E-state index contributed by atoms with van der Waals surface area (Å²) in [5.74, 6) is -2.90. The summed E-state index contributed by atoms with van der Waals surface area (Å²) in [6, 6.07) is 9.91. The molecule has 3 aromatic carbocycles. The summed E-state index contributed by atoms with van der Waals surface area (Å²) in [6.45, 7) is 2.58. The average Bonchev–Trinajstić information content (AvgIpc) is 2.88. The van der Waals surface area contributed by atoms with Crippen LogP contribution in [0.5, 0.6) is 11.5 Å². The van der Waals surface area contributed by atoms with Crippen molar-refractivity contribution < 1.29 is 44.6 Å². The van der Waals surface area contributed by atoms with Gasteiger partial charge in [-0.3, -0.25) is 4.98 Å². The smallest absolute Gasteiger partial charge is 0.458 e. The molecule has 0 N–H and O–H groups in total. The van der Waals surface area contributed by atoms with Crippen LogP contribution in [0, 0.1) is 29.3 Å². The van der Waals surface area contributed by atoms with Crippen LogP contribution in [0.25, 0.3) is 22.0 Å². The summed E-state index contributed by atoms with van der Waals surface area (Å²) in [6.07, 6.45) is -5.65. The number of unbranched alkanes of at least 4 members (excludes halogenated alkanes) is 1. The molecule has 0 unspecified atom stereocenters. The minimum Gasteiger partial charge on any atom is -0.492 e. The second kappa shape index (κ2) is 11.4. The van der Waals surface area contributed by atoms with Gasteiger partial charge in [0.2, 0.25) is 0 Å². The molecule has 0 fully saturated rings. The van der Waals surface area contributed by atoms with Crippen molar-refractivity contribution in [2.45, 2.75) is 32.1 Å². The highest BCUT2D eigenvalue weighted by atomic mass is 19.4. The van der Waals surface area contributed by atoms with Crippen molar-refractivity contribution in [1.82, 2.24) is 4.98 Å². The first-order chi connectivity index (χ1) is 18.9. The van der Waals surface area contributed by atoms with Gasteiger partial charge in [-0.1, -0.05) is 31.4 Å². The van der Waals surface area contributed by atoms with E-state index in [1.54, 1.807) is 12.1 Å². The second-order valence-corrected chi connectivity index (χ2v) is 8.58. The number of benzene rings is 3. The van der Waals surface area contributed by atoms with Gasteiger partial charge in [-0.15, -0.1) is 0 Å². The van der Waals surface area contributed by atoms with Gasteiger partial charge in [-0.25, -0.2) is 13.2 Å². The standard InChI is InChI=1S/C29H19F8NO2/c1-2-3-12-39-20-8-9-25(38-16-20)17-4-6-19(7-5-17)29(36,37)40-21-13-18-14-23(30)22(10-11-28(33,34)35)27(32)26(18)24(31)15-21/h4-9,13-16H,2-3,12H2,1H3. The van der Waals surface area contributed by atoms with E-state index in [9.17, 15) is 35.1 Å². The van der Waals surface area contributed by atoms with E-state index in [2.05, 4.69) is 9.72 Å². The molecule has 1 aromatic heterocycles. The largest absolute Gasteiger partial charge is 0.492 e. The first-order valence-electron chi connectivity index (χ1n) is 11.9. The van der Waals surface area contributed by atoms with E-state index in [1.807, 2.05) is 6.92 Å². The van der Waals surface area contributed by atoms with E-state index in [1.165, 1.54) is 24.3 Å². The molecule has 0 bridgehead atoms. The lowest BCUT2D eigenvalue weighted by molar-refractivity contribution is -0.185. The van der Waals surface area contributed by atoms with Gasteiger partial charge >= 0.3 is 12.3 Å². The van der Waals surface area contributed by atoms with Gasteiger partial charge in [0.15, 0.2) is 5.82 Å². The predicted octanol–water partition coefficient (Wildman–Crippen LogP) is 8.54. The summed E-state index contributed by atoms with van der Waals surface area (Å²) < 4.78 is 121. The van der Waals surface area contributed by atoms with Gasteiger partial charge in [-0.2, -0.15) is 22.0 Å². The Morgan fingerprint density at radius 3 is 2.20 bits per heavy atom. The Labute approximate surface area is 223 Å².